The molecule has 0 bridgehead atoms. The van der Waals surface area contributed by atoms with Gasteiger partial charge < -0.3 is 10.2 Å². The highest BCUT2D eigenvalue weighted by atomic mass is 16.2. The van der Waals surface area contributed by atoms with Crippen LogP contribution >= 0.6 is 0 Å². The molecule has 2 amide bonds. The molecule has 1 N–H and O–H groups in total. The molecule has 1 saturated carbocycles. The van der Waals surface area contributed by atoms with Gasteiger partial charge in [0, 0.05) is 31.5 Å². The van der Waals surface area contributed by atoms with E-state index in [1.807, 2.05) is 4.90 Å². The van der Waals surface area contributed by atoms with Gasteiger partial charge in [-0.1, -0.05) is 56.2 Å². The van der Waals surface area contributed by atoms with Crippen LogP contribution in [0.4, 0.5) is 0 Å². The van der Waals surface area contributed by atoms with Crippen molar-refractivity contribution in [3.63, 3.8) is 0 Å². The van der Waals surface area contributed by atoms with E-state index in [1.54, 1.807) is 0 Å². The van der Waals surface area contributed by atoms with Crippen molar-refractivity contribution in [3.05, 3.63) is 36.5 Å². The summed E-state index contributed by atoms with van der Waals surface area (Å²) < 4.78 is 0. The van der Waals surface area contributed by atoms with Crippen LogP contribution in [0.25, 0.3) is 0 Å². The standard InChI is InChI=1S/C27H46N2O2/c1-4-5-15-22-27(31)29(24(2)3)23-17-14-12-10-8-6-7-9-11-13-16-21-26(30)28-25-19-18-20-25/h6,8-9,11-12,14,24-25H,4-5,7,10,13,15-23H2,1-3H3,(H,28,30). The van der Waals surface area contributed by atoms with Gasteiger partial charge >= 0.3 is 0 Å². The van der Waals surface area contributed by atoms with E-state index in [2.05, 4.69) is 62.5 Å². The van der Waals surface area contributed by atoms with Crippen LogP contribution < -0.4 is 5.32 Å². The zero-order chi connectivity index (χ0) is 22.7. The Morgan fingerprint density at radius 2 is 1.55 bits per heavy atom. The quantitative estimate of drug-likeness (QED) is 0.212. The van der Waals surface area contributed by atoms with Gasteiger partial charge in [-0.25, -0.2) is 0 Å². The Labute approximate surface area is 191 Å². The maximum atomic E-state index is 12.3. The molecule has 1 aliphatic carbocycles. The van der Waals surface area contributed by atoms with Gasteiger partial charge in [0.05, 0.1) is 0 Å². The minimum atomic E-state index is 0.210. The highest BCUT2D eigenvalue weighted by Crippen LogP contribution is 2.18. The molecule has 0 aromatic rings. The normalized spacial score (nSPS) is 14.7. The van der Waals surface area contributed by atoms with Crippen molar-refractivity contribution in [2.75, 3.05) is 6.54 Å². The predicted molar refractivity (Wildman–Crippen MR) is 132 cm³/mol. The maximum absolute atomic E-state index is 12.3. The Kier molecular flexibility index (Phi) is 15.6. The fourth-order valence-electron chi connectivity index (χ4n) is 3.56. The van der Waals surface area contributed by atoms with Gasteiger partial charge in [0.25, 0.3) is 0 Å². The molecular formula is C27H46N2O2. The van der Waals surface area contributed by atoms with Crippen LogP contribution in [0.2, 0.25) is 0 Å². The molecule has 31 heavy (non-hydrogen) atoms. The summed E-state index contributed by atoms with van der Waals surface area (Å²) in [4.78, 5) is 26.1. The SMILES string of the molecule is CCCCCC(=O)N(CCC=CCC=CCC=CCCCC(=O)NC1CCC1)C(C)C. The topological polar surface area (TPSA) is 49.4 Å². The molecular weight excluding hydrogens is 384 g/mol. The Bertz CT molecular complexity index is 574. The number of carbonyl (C=O) groups is 2. The molecule has 0 aromatic heterocycles. The second-order valence-electron chi connectivity index (χ2n) is 8.90. The lowest BCUT2D eigenvalue weighted by Gasteiger charge is -2.26. The summed E-state index contributed by atoms with van der Waals surface area (Å²) >= 11 is 0. The van der Waals surface area contributed by atoms with Crippen LogP contribution in [0.5, 0.6) is 0 Å². The van der Waals surface area contributed by atoms with Crippen LogP contribution in [-0.2, 0) is 9.59 Å². The van der Waals surface area contributed by atoms with Gasteiger partial charge in [0.15, 0.2) is 0 Å². The maximum Gasteiger partial charge on any atom is 0.222 e. The van der Waals surface area contributed by atoms with Crippen LogP contribution in [0, 0.1) is 0 Å². The third-order valence-corrected chi connectivity index (χ3v) is 5.76. The minimum Gasteiger partial charge on any atom is -0.353 e. The first-order valence-electron chi connectivity index (χ1n) is 12.6. The van der Waals surface area contributed by atoms with Crippen molar-refractivity contribution in [1.82, 2.24) is 10.2 Å². The number of rotatable bonds is 17. The van der Waals surface area contributed by atoms with Crippen LogP contribution in [0.3, 0.4) is 0 Å². The lowest BCUT2D eigenvalue weighted by atomic mass is 9.93. The molecule has 176 valence electrons. The lowest BCUT2D eigenvalue weighted by Crippen LogP contribution is -2.39. The van der Waals surface area contributed by atoms with Crippen LogP contribution in [0.15, 0.2) is 36.5 Å². The smallest absolute Gasteiger partial charge is 0.222 e. The van der Waals surface area contributed by atoms with E-state index in [0.29, 0.717) is 24.8 Å². The molecule has 0 aliphatic heterocycles. The van der Waals surface area contributed by atoms with E-state index < -0.39 is 0 Å². The fourth-order valence-corrected chi connectivity index (χ4v) is 3.56. The third kappa shape index (κ3) is 14.0. The third-order valence-electron chi connectivity index (χ3n) is 5.76. The average Bonchev–Trinajstić information content (AvgIpc) is 2.70. The lowest BCUT2D eigenvalue weighted by molar-refractivity contribution is -0.133. The average molecular weight is 431 g/mol. The first kappa shape index (κ1) is 27.2. The minimum absolute atomic E-state index is 0.210. The summed E-state index contributed by atoms with van der Waals surface area (Å²) in [5.74, 6) is 0.504. The molecule has 4 nitrogen and oxygen atoms in total. The van der Waals surface area contributed by atoms with Gasteiger partial charge in [0.2, 0.25) is 11.8 Å². The number of hydrogen-bond donors (Lipinski definition) is 1. The van der Waals surface area contributed by atoms with Crippen molar-refractivity contribution in [3.8, 4) is 0 Å². The van der Waals surface area contributed by atoms with E-state index in [1.165, 1.54) is 6.42 Å². The molecule has 0 saturated heterocycles. The highest BCUT2D eigenvalue weighted by Gasteiger charge is 2.18. The first-order chi connectivity index (χ1) is 15.0. The van der Waals surface area contributed by atoms with E-state index >= 15 is 0 Å². The van der Waals surface area contributed by atoms with Crippen molar-refractivity contribution < 1.29 is 9.59 Å². The van der Waals surface area contributed by atoms with Gasteiger partial charge in [-0.3, -0.25) is 9.59 Å². The molecule has 0 heterocycles. The zero-order valence-electron chi connectivity index (χ0n) is 20.3. The van der Waals surface area contributed by atoms with Crippen molar-refractivity contribution in [2.24, 2.45) is 0 Å². The van der Waals surface area contributed by atoms with Crippen molar-refractivity contribution in [1.29, 1.82) is 0 Å². The molecule has 4 heteroatoms. The molecule has 0 spiro atoms. The highest BCUT2D eigenvalue weighted by molar-refractivity contribution is 5.76. The van der Waals surface area contributed by atoms with E-state index in [0.717, 1.165) is 70.8 Å². The van der Waals surface area contributed by atoms with Crippen molar-refractivity contribution >= 4 is 11.8 Å². The summed E-state index contributed by atoms with van der Waals surface area (Å²) in [7, 11) is 0. The summed E-state index contributed by atoms with van der Waals surface area (Å²) in [5, 5.41) is 3.08. The molecule has 0 aromatic carbocycles. The molecule has 1 rings (SSSR count). The summed E-state index contributed by atoms with van der Waals surface area (Å²) in [6.07, 6.45) is 25.9. The first-order valence-corrected chi connectivity index (χ1v) is 12.6. The number of nitrogens with zero attached hydrogens (tertiary/aromatic N) is 1. The molecule has 0 atom stereocenters. The summed E-state index contributed by atoms with van der Waals surface area (Å²) in [5.41, 5.74) is 0. The van der Waals surface area contributed by atoms with E-state index in [4.69, 9.17) is 0 Å². The molecule has 1 aliphatic rings. The summed E-state index contributed by atoms with van der Waals surface area (Å²) in [6, 6.07) is 0.723. The molecule has 1 fully saturated rings. The Morgan fingerprint density at radius 3 is 2.13 bits per heavy atom. The van der Waals surface area contributed by atoms with Crippen LogP contribution in [0.1, 0.15) is 104 Å². The summed E-state index contributed by atoms with van der Waals surface area (Å²) in [6.45, 7) is 7.17. The number of nitrogens with one attached hydrogen (secondary N) is 1. The number of amides is 2. The van der Waals surface area contributed by atoms with Gasteiger partial charge in [-0.2, -0.15) is 0 Å². The monoisotopic (exact) mass is 430 g/mol. The number of unbranched alkanes of at least 4 members (excludes halogenated alkanes) is 3. The van der Waals surface area contributed by atoms with Gasteiger partial charge in [-0.05, 0) is 71.6 Å². The molecule has 0 unspecified atom stereocenters. The van der Waals surface area contributed by atoms with Gasteiger partial charge in [-0.15, -0.1) is 0 Å². The molecule has 0 radical (unpaired) electrons. The number of allylic oxidation sites excluding steroid dienone is 5. The largest absolute Gasteiger partial charge is 0.353 e. The van der Waals surface area contributed by atoms with Gasteiger partial charge in [0.1, 0.15) is 0 Å². The number of carbonyl (C=O) groups excluding carboxylic acids is 2. The fraction of sp³-hybridized carbons (Fsp3) is 0.704. The van der Waals surface area contributed by atoms with E-state index in [9.17, 15) is 9.59 Å². The zero-order valence-corrected chi connectivity index (χ0v) is 20.3. The Balaban J connectivity index is 2.04. The Morgan fingerprint density at radius 1 is 0.903 bits per heavy atom. The predicted octanol–water partition coefficient (Wildman–Crippen LogP) is 6.48. The second-order valence-corrected chi connectivity index (χ2v) is 8.90. The van der Waals surface area contributed by atoms with Crippen LogP contribution in [-0.4, -0.2) is 35.3 Å². The Hall–Kier alpha value is -1.84. The number of hydrogen-bond acceptors (Lipinski definition) is 2. The van der Waals surface area contributed by atoms with E-state index in [-0.39, 0.29) is 11.9 Å². The second kappa shape index (κ2) is 17.8. The van der Waals surface area contributed by atoms with Crippen molar-refractivity contribution in [2.45, 2.75) is 116 Å².